The van der Waals surface area contributed by atoms with Gasteiger partial charge in [-0.2, -0.15) is 0 Å². The third-order valence-corrected chi connectivity index (χ3v) is 8.15. The maximum atomic E-state index is 13.8. The molecule has 0 saturated carbocycles. The second-order valence-electron chi connectivity index (χ2n) is 10.4. The van der Waals surface area contributed by atoms with E-state index in [4.69, 9.17) is 0 Å². The van der Waals surface area contributed by atoms with Crippen molar-refractivity contribution in [3.63, 3.8) is 0 Å². The van der Waals surface area contributed by atoms with Gasteiger partial charge in [-0.25, -0.2) is 0 Å². The predicted molar refractivity (Wildman–Crippen MR) is 149 cm³/mol. The molecule has 1 atom stereocenters. The summed E-state index contributed by atoms with van der Waals surface area (Å²) < 4.78 is 0. The fourth-order valence-corrected chi connectivity index (χ4v) is 5.80. The van der Waals surface area contributed by atoms with Gasteiger partial charge >= 0.3 is 0 Å². The molecule has 5 heteroatoms. The Balaban J connectivity index is 1.29. The number of hydrogen-bond donors (Lipinski definition) is 1. The number of amides is 2. The highest BCUT2D eigenvalue weighted by molar-refractivity contribution is 5.95. The number of carbonyl (C=O) groups excluding carboxylic acids is 2. The maximum absolute atomic E-state index is 13.8. The van der Waals surface area contributed by atoms with Crippen LogP contribution in [0.2, 0.25) is 0 Å². The molecule has 192 valence electrons. The van der Waals surface area contributed by atoms with Crippen molar-refractivity contribution < 1.29 is 9.59 Å². The minimum absolute atomic E-state index is 0.0352. The minimum Gasteiger partial charge on any atom is -0.372 e. The summed E-state index contributed by atoms with van der Waals surface area (Å²) in [6.07, 6.45) is 4.96. The maximum Gasteiger partial charge on any atom is 0.253 e. The third-order valence-electron chi connectivity index (χ3n) is 8.15. The molecule has 3 aromatic rings. The van der Waals surface area contributed by atoms with Gasteiger partial charge in [0.2, 0.25) is 5.91 Å². The zero-order valence-electron chi connectivity index (χ0n) is 21.7. The molecule has 2 heterocycles. The molecule has 0 spiro atoms. The standard InChI is InChI=1S/C32H37N3O2/c1-25(26-11-5-2-6-12-26)33-31(37)32(28-13-7-3-8-14-28)19-23-35(24-20-32)30(36)27-15-17-29(18-16-27)34-21-9-4-10-22-34/h2-3,5-8,11-18,25H,4,9-10,19-24H2,1H3,(H,33,37). The zero-order chi connectivity index (χ0) is 25.7. The molecule has 1 N–H and O–H groups in total. The molecule has 0 aromatic heterocycles. The van der Waals surface area contributed by atoms with Crippen molar-refractivity contribution in [3.05, 3.63) is 102 Å². The molecule has 0 aliphatic carbocycles. The van der Waals surface area contributed by atoms with Gasteiger partial charge in [-0.05, 0) is 74.4 Å². The molecule has 5 nitrogen and oxygen atoms in total. The van der Waals surface area contributed by atoms with E-state index in [-0.39, 0.29) is 17.9 Å². The fraction of sp³-hybridized carbons (Fsp3) is 0.375. The minimum atomic E-state index is -0.654. The van der Waals surface area contributed by atoms with E-state index < -0.39 is 5.41 Å². The van der Waals surface area contributed by atoms with Crippen LogP contribution in [-0.2, 0) is 10.2 Å². The van der Waals surface area contributed by atoms with E-state index in [9.17, 15) is 9.59 Å². The summed E-state index contributed by atoms with van der Waals surface area (Å²) in [5, 5.41) is 3.27. The van der Waals surface area contributed by atoms with Crippen molar-refractivity contribution in [2.24, 2.45) is 0 Å². The van der Waals surface area contributed by atoms with Crippen molar-refractivity contribution in [1.82, 2.24) is 10.2 Å². The number of piperidine rings is 2. The molecule has 2 aliphatic heterocycles. The first kappa shape index (κ1) is 25.1. The largest absolute Gasteiger partial charge is 0.372 e. The SMILES string of the molecule is CC(NC(=O)C1(c2ccccc2)CCN(C(=O)c2ccc(N3CCCCC3)cc2)CC1)c1ccccc1. The van der Waals surface area contributed by atoms with Crippen LogP contribution in [0.25, 0.3) is 0 Å². The molecular weight excluding hydrogens is 458 g/mol. The monoisotopic (exact) mass is 495 g/mol. The van der Waals surface area contributed by atoms with Crippen LogP contribution in [0.1, 0.15) is 66.6 Å². The van der Waals surface area contributed by atoms with E-state index in [0.717, 1.165) is 29.8 Å². The number of benzene rings is 3. The van der Waals surface area contributed by atoms with E-state index in [1.54, 1.807) is 0 Å². The van der Waals surface area contributed by atoms with Crippen molar-refractivity contribution in [2.45, 2.75) is 50.5 Å². The molecule has 2 fully saturated rings. The number of anilines is 1. The zero-order valence-corrected chi connectivity index (χ0v) is 21.7. The van der Waals surface area contributed by atoms with Crippen LogP contribution >= 0.6 is 0 Å². The van der Waals surface area contributed by atoms with Crippen molar-refractivity contribution >= 4 is 17.5 Å². The van der Waals surface area contributed by atoms with Gasteiger partial charge in [-0.1, -0.05) is 60.7 Å². The number of likely N-dealkylation sites (tertiary alicyclic amines) is 1. The van der Waals surface area contributed by atoms with E-state index in [2.05, 4.69) is 22.3 Å². The van der Waals surface area contributed by atoms with Crippen LogP contribution in [-0.4, -0.2) is 42.9 Å². The summed E-state index contributed by atoms with van der Waals surface area (Å²) >= 11 is 0. The van der Waals surface area contributed by atoms with E-state index in [0.29, 0.717) is 25.9 Å². The number of hydrogen-bond acceptors (Lipinski definition) is 3. The first-order chi connectivity index (χ1) is 18.1. The summed E-state index contributed by atoms with van der Waals surface area (Å²) in [7, 11) is 0. The van der Waals surface area contributed by atoms with Gasteiger partial charge < -0.3 is 15.1 Å². The topological polar surface area (TPSA) is 52.7 Å². The Morgan fingerprint density at radius 3 is 1.97 bits per heavy atom. The van der Waals surface area contributed by atoms with E-state index in [1.165, 1.54) is 24.9 Å². The van der Waals surface area contributed by atoms with Crippen LogP contribution in [0.4, 0.5) is 5.69 Å². The molecule has 0 bridgehead atoms. The molecule has 2 saturated heterocycles. The Morgan fingerprint density at radius 2 is 1.35 bits per heavy atom. The van der Waals surface area contributed by atoms with Gasteiger partial charge in [0.1, 0.15) is 0 Å². The van der Waals surface area contributed by atoms with Crippen LogP contribution < -0.4 is 10.2 Å². The lowest BCUT2D eigenvalue weighted by atomic mass is 9.71. The van der Waals surface area contributed by atoms with Gasteiger partial charge in [-0.15, -0.1) is 0 Å². The number of carbonyl (C=O) groups is 2. The Morgan fingerprint density at radius 1 is 0.757 bits per heavy atom. The van der Waals surface area contributed by atoms with Crippen LogP contribution in [0.3, 0.4) is 0 Å². The highest BCUT2D eigenvalue weighted by Crippen LogP contribution is 2.37. The number of nitrogens with zero attached hydrogens (tertiary/aromatic N) is 2. The lowest BCUT2D eigenvalue weighted by molar-refractivity contribution is -0.129. The Bertz CT molecular complexity index is 1180. The van der Waals surface area contributed by atoms with Gasteiger partial charge in [0.25, 0.3) is 5.91 Å². The van der Waals surface area contributed by atoms with E-state index >= 15 is 0 Å². The summed E-state index contributed by atoms with van der Waals surface area (Å²) in [6, 6.07) is 28.1. The average Bonchev–Trinajstić information content (AvgIpc) is 2.98. The molecule has 3 aromatic carbocycles. The second kappa shape index (κ2) is 11.2. The van der Waals surface area contributed by atoms with Crippen molar-refractivity contribution in [1.29, 1.82) is 0 Å². The second-order valence-corrected chi connectivity index (χ2v) is 10.4. The Labute approximate surface area is 220 Å². The molecular formula is C32H37N3O2. The van der Waals surface area contributed by atoms with Crippen LogP contribution in [0.15, 0.2) is 84.9 Å². The first-order valence-electron chi connectivity index (χ1n) is 13.6. The average molecular weight is 496 g/mol. The fourth-order valence-electron chi connectivity index (χ4n) is 5.80. The lowest BCUT2D eigenvalue weighted by Crippen LogP contribution is -2.53. The van der Waals surface area contributed by atoms with Gasteiger partial charge in [-0.3, -0.25) is 9.59 Å². The normalized spacial score (nSPS) is 18.2. The quantitative estimate of drug-likeness (QED) is 0.475. The highest BCUT2D eigenvalue weighted by atomic mass is 16.2. The highest BCUT2D eigenvalue weighted by Gasteiger charge is 2.44. The summed E-state index contributed by atoms with van der Waals surface area (Å²) in [5.74, 6) is 0.0814. The van der Waals surface area contributed by atoms with Crippen LogP contribution in [0.5, 0.6) is 0 Å². The van der Waals surface area contributed by atoms with E-state index in [1.807, 2.05) is 84.6 Å². The summed E-state index contributed by atoms with van der Waals surface area (Å²) in [5.41, 5.74) is 3.36. The predicted octanol–water partition coefficient (Wildman–Crippen LogP) is 5.73. The lowest BCUT2D eigenvalue weighted by Gasteiger charge is -2.41. The Hall–Kier alpha value is -3.60. The van der Waals surface area contributed by atoms with Gasteiger partial charge in [0.05, 0.1) is 11.5 Å². The molecule has 2 aliphatic rings. The van der Waals surface area contributed by atoms with Crippen molar-refractivity contribution in [2.75, 3.05) is 31.1 Å². The third kappa shape index (κ3) is 5.41. The molecule has 2 amide bonds. The smallest absolute Gasteiger partial charge is 0.253 e. The van der Waals surface area contributed by atoms with Crippen LogP contribution in [0, 0.1) is 0 Å². The number of rotatable bonds is 6. The number of nitrogens with one attached hydrogen (secondary N) is 1. The molecule has 0 radical (unpaired) electrons. The van der Waals surface area contributed by atoms with Gasteiger partial charge in [0.15, 0.2) is 0 Å². The molecule has 1 unspecified atom stereocenters. The van der Waals surface area contributed by atoms with Crippen molar-refractivity contribution in [3.8, 4) is 0 Å². The summed E-state index contributed by atoms with van der Waals surface area (Å²) in [6.45, 7) is 5.31. The molecule has 5 rings (SSSR count). The van der Waals surface area contributed by atoms with Gasteiger partial charge in [0, 0.05) is 37.4 Å². The molecule has 37 heavy (non-hydrogen) atoms. The first-order valence-corrected chi connectivity index (χ1v) is 13.6. The Kier molecular flexibility index (Phi) is 7.59. The summed E-state index contributed by atoms with van der Waals surface area (Å²) in [4.78, 5) is 31.5.